The van der Waals surface area contributed by atoms with Gasteiger partial charge in [0.2, 0.25) is 5.91 Å². The summed E-state index contributed by atoms with van der Waals surface area (Å²) in [6.45, 7) is 1.94. The number of nitrogens with one attached hydrogen (secondary N) is 1. The van der Waals surface area contributed by atoms with Crippen LogP contribution < -0.4 is 5.32 Å². The molecule has 7 nitrogen and oxygen atoms in total. The highest BCUT2D eigenvalue weighted by atomic mass is 16.5. The highest BCUT2D eigenvalue weighted by Crippen LogP contribution is 2.22. The molecule has 1 fully saturated rings. The van der Waals surface area contributed by atoms with E-state index in [2.05, 4.69) is 5.32 Å². The maximum Gasteiger partial charge on any atom is 0.254 e. The smallest absolute Gasteiger partial charge is 0.254 e. The second-order valence-corrected chi connectivity index (χ2v) is 6.15. The quantitative estimate of drug-likeness (QED) is 0.822. The van der Waals surface area contributed by atoms with Crippen molar-refractivity contribution in [3.8, 4) is 0 Å². The van der Waals surface area contributed by atoms with E-state index in [0.29, 0.717) is 31.9 Å². The van der Waals surface area contributed by atoms with Crippen LogP contribution in [0.2, 0.25) is 0 Å². The molecule has 1 aromatic rings. The van der Waals surface area contributed by atoms with Crippen molar-refractivity contribution in [2.75, 3.05) is 47.6 Å². The molecule has 1 aliphatic rings. The Morgan fingerprint density at radius 3 is 2.60 bits per heavy atom. The van der Waals surface area contributed by atoms with Crippen molar-refractivity contribution in [3.05, 3.63) is 35.4 Å². The van der Waals surface area contributed by atoms with Crippen LogP contribution in [0.3, 0.4) is 0 Å². The van der Waals surface area contributed by atoms with E-state index in [4.69, 9.17) is 14.2 Å². The van der Waals surface area contributed by atoms with Gasteiger partial charge in [-0.25, -0.2) is 0 Å². The number of amides is 2. The number of ether oxygens (including phenoxy) is 3. The first-order valence-electron chi connectivity index (χ1n) is 8.24. The van der Waals surface area contributed by atoms with E-state index in [0.717, 1.165) is 5.56 Å². The minimum atomic E-state index is -0.845. The summed E-state index contributed by atoms with van der Waals surface area (Å²) in [5, 5.41) is 2.60. The second kappa shape index (κ2) is 8.94. The molecule has 1 aliphatic heterocycles. The van der Waals surface area contributed by atoms with E-state index in [-0.39, 0.29) is 24.8 Å². The Morgan fingerprint density at radius 1 is 1.28 bits per heavy atom. The molecule has 0 radical (unpaired) electrons. The molecule has 7 heteroatoms. The Bertz CT molecular complexity index is 590. The van der Waals surface area contributed by atoms with Crippen LogP contribution in [0.5, 0.6) is 0 Å². The molecule has 0 aliphatic carbocycles. The lowest BCUT2D eigenvalue weighted by atomic mass is 9.98. The number of benzene rings is 1. The zero-order valence-electron chi connectivity index (χ0n) is 15.0. The van der Waals surface area contributed by atoms with Crippen LogP contribution in [0.25, 0.3) is 0 Å². The molecule has 1 N–H and O–H groups in total. The Hall–Kier alpha value is -1.96. The number of methoxy groups -OCH3 is 2. The molecule has 1 saturated heterocycles. The second-order valence-electron chi connectivity index (χ2n) is 6.15. The summed E-state index contributed by atoms with van der Waals surface area (Å²) < 4.78 is 16.3. The maximum atomic E-state index is 12.9. The molecule has 1 aromatic carbocycles. The fourth-order valence-electron chi connectivity index (χ4n) is 2.86. The average Bonchev–Trinajstić information content (AvgIpc) is 2.85. The van der Waals surface area contributed by atoms with Gasteiger partial charge >= 0.3 is 0 Å². The van der Waals surface area contributed by atoms with E-state index in [1.807, 2.05) is 12.1 Å². The normalized spacial score (nSPS) is 20.8. The predicted octanol–water partition coefficient (Wildman–Crippen LogP) is 0.827. The molecule has 0 saturated carbocycles. The number of carbonyl (C=O) groups excluding carboxylic acids is 2. The van der Waals surface area contributed by atoms with Crippen LogP contribution in [0.1, 0.15) is 22.3 Å². The summed E-state index contributed by atoms with van der Waals surface area (Å²) in [6, 6.07) is 7.32. The van der Waals surface area contributed by atoms with Crippen LogP contribution in [-0.2, 0) is 25.6 Å². The first kappa shape index (κ1) is 19.4. The zero-order valence-corrected chi connectivity index (χ0v) is 15.0. The van der Waals surface area contributed by atoms with Crippen molar-refractivity contribution in [2.45, 2.75) is 18.6 Å². The fourth-order valence-corrected chi connectivity index (χ4v) is 2.86. The van der Waals surface area contributed by atoms with E-state index >= 15 is 0 Å². The number of hydrogen-bond donors (Lipinski definition) is 1. The number of carbonyl (C=O) groups is 2. The van der Waals surface area contributed by atoms with Crippen molar-refractivity contribution in [2.24, 2.45) is 0 Å². The minimum Gasteiger partial charge on any atom is -0.380 e. The van der Waals surface area contributed by atoms with Crippen molar-refractivity contribution >= 4 is 11.8 Å². The van der Waals surface area contributed by atoms with Gasteiger partial charge in [-0.05, 0) is 17.7 Å². The van der Waals surface area contributed by atoms with Crippen molar-refractivity contribution in [3.63, 3.8) is 0 Å². The van der Waals surface area contributed by atoms with Gasteiger partial charge in [0, 0.05) is 33.4 Å². The Kier molecular flexibility index (Phi) is 6.92. The molecule has 1 unspecified atom stereocenters. The Balaban J connectivity index is 2.15. The van der Waals surface area contributed by atoms with Gasteiger partial charge in [-0.15, -0.1) is 0 Å². The van der Waals surface area contributed by atoms with Crippen LogP contribution in [-0.4, -0.2) is 69.9 Å². The molecule has 0 aromatic heterocycles. The largest absolute Gasteiger partial charge is 0.380 e. The first-order chi connectivity index (χ1) is 12.0. The third-order valence-corrected chi connectivity index (χ3v) is 4.34. The summed E-state index contributed by atoms with van der Waals surface area (Å²) >= 11 is 0. The monoisotopic (exact) mass is 350 g/mol. The van der Waals surface area contributed by atoms with E-state index < -0.39 is 5.60 Å². The molecular weight excluding hydrogens is 324 g/mol. The molecule has 2 rings (SSSR count). The SMILES string of the molecule is CNC(=O)CC1(OC)COCCN(C(=O)c2ccc(COC)cc2)C1. The standard InChI is InChI=1S/C18H26N2O5/c1-19-16(21)10-18(24-3)12-20(8-9-25-13-18)17(22)15-6-4-14(5-7-15)11-23-2/h4-7H,8-13H2,1-3H3,(H,19,21). The molecule has 0 spiro atoms. The van der Waals surface area contributed by atoms with Gasteiger partial charge < -0.3 is 24.4 Å². The predicted molar refractivity (Wildman–Crippen MR) is 92.3 cm³/mol. The highest BCUT2D eigenvalue weighted by molar-refractivity contribution is 5.94. The lowest BCUT2D eigenvalue weighted by Gasteiger charge is -2.33. The lowest BCUT2D eigenvalue weighted by Crippen LogP contribution is -2.50. The molecule has 1 atom stereocenters. The minimum absolute atomic E-state index is 0.104. The van der Waals surface area contributed by atoms with Crippen LogP contribution in [0, 0.1) is 0 Å². The van der Waals surface area contributed by atoms with Gasteiger partial charge in [0.05, 0.1) is 32.8 Å². The van der Waals surface area contributed by atoms with Gasteiger partial charge in [-0.3, -0.25) is 9.59 Å². The zero-order chi connectivity index (χ0) is 18.3. The molecule has 2 amide bonds. The van der Waals surface area contributed by atoms with Gasteiger partial charge in [-0.1, -0.05) is 12.1 Å². The van der Waals surface area contributed by atoms with Crippen molar-refractivity contribution in [1.82, 2.24) is 10.2 Å². The number of nitrogens with zero attached hydrogens (tertiary/aromatic N) is 1. The number of rotatable bonds is 6. The lowest BCUT2D eigenvalue weighted by molar-refractivity contribution is -0.131. The van der Waals surface area contributed by atoms with Gasteiger partial charge in [0.15, 0.2) is 0 Å². The van der Waals surface area contributed by atoms with Crippen molar-refractivity contribution < 1.29 is 23.8 Å². The topological polar surface area (TPSA) is 77.1 Å². The van der Waals surface area contributed by atoms with E-state index in [1.54, 1.807) is 38.3 Å². The van der Waals surface area contributed by atoms with Gasteiger partial charge in [0.25, 0.3) is 5.91 Å². The number of hydrogen-bond acceptors (Lipinski definition) is 5. The maximum absolute atomic E-state index is 12.9. The van der Waals surface area contributed by atoms with Gasteiger partial charge in [-0.2, -0.15) is 0 Å². The van der Waals surface area contributed by atoms with Crippen LogP contribution in [0.4, 0.5) is 0 Å². The summed E-state index contributed by atoms with van der Waals surface area (Å²) in [5.74, 6) is -0.253. The molecule has 138 valence electrons. The highest BCUT2D eigenvalue weighted by Gasteiger charge is 2.38. The Labute approximate surface area is 148 Å². The van der Waals surface area contributed by atoms with Crippen LogP contribution >= 0.6 is 0 Å². The molecule has 25 heavy (non-hydrogen) atoms. The summed E-state index contributed by atoms with van der Waals surface area (Å²) in [4.78, 5) is 26.4. The third-order valence-electron chi connectivity index (χ3n) is 4.34. The molecular formula is C18H26N2O5. The summed E-state index contributed by atoms with van der Waals surface area (Å²) in [7, 11) is 4.75. The third kappa shape index (κ3) is 5.01. The fraction of sp³-hybridized carbons (Fsp3) is 0.556. The summed E-state index contributed by atoms with van der Waals surface area (Å²) in [5.41, 5.74) is 0.748. The molecule has 0 bridgehead atoms. The summed E-state index contributed by atoms with van der Waals surface area (Å²) in [6.07, 6.45) is 0.135. The van der Waals surface area contributed by atoms with E-state index in [9.17, 15) is 9.59 Å². The van der Waals surface area contributed by atoms with Crippen molar-refractivity contribution in [1.29, 1.82) is 0 Å². The Morgan fingerprint density at radius 2 is 2.00 bits per heavy atom. The first-order valence-corrected chi connectivity index (χ1v) is 8.24. The van der Waals surface area contributed by atoms with Gasteiger partial charge in [0.1, 0.15) is 5.60 Å². The molecule has 1 heterocycles. The van der Waals surface area contributed by atoms with Crippen LogP contribution in [0.15, 0.2) is 24.3 Å². The average molecular weight is 350 g/mol. The van der Waals surface area contributed by atoms with E-state index in [1.165, 1.54) is 0 Å².